The quantitative estimate of drug-likeness (QED) is 0.744. The van der Waals surface area contributed by atoms with Crippen LogP contribution in [-0.4, -0.2) is 40.0 Å². The number of sulfonamides is 1. The van der Waals surface area contributed by atoms with Gasteiger partial charge in [-0.25, -0.2) is 8.42 Å². The van der Waals surface area contributed by atoms with E-state index in [4.69, 9.17) is 16.3 Å². The third-order valence-electron chi connectivity index (χ3n) is 2.37. The fourth-order valence-electron chi connectivity index (χ4n) is 1.31. The van der Waals surface area contributed by atoms with Crippen LogP contribution in [0.5, 0.6) is 0 Å². The number of hydrogen-bond acceptors (Lipinski definition) is 3. The first-order valence-electron chi connectivity index (χ1n) is 5.12. The molecule has 0 spiro atoms. The Bertz CT molecular complexity index is 462. The van der Waals surface area contributed by atoms with E-state index in [1.54, 1.807) is 24.3 Å². The van der Waals surface area contributed by atoms with Gasteiger partial charge in [-0.1, -0.05) is 12.1 Å². The monoisotopic (exact) mass is 277 g/mol. The Labute approximate surface area is 107 Å². The molecule has 0 bridgehead atoms. The molecule has 0 aliphatic rings. The molecule has 6 heteroatoms. The van der Waals surface area contributed by atoms with Gasteiger partial charge >= 0.3 is 0 Å². The predicted molar refractivity (Wildman–Crippen MR) is 67.7 cm³/mol. The van der Waals surface area contributed by atoms with Crippen molar-refractivity contribution in [1.29, 1.82) is 0 Å². The second-order valence-electron chi connectivity index (χ2n) is 3.60. The standard InChI is InChI=1S/C11H16ClNO3S/c1-13(6-7-16-2)17(14,15)11-5-3-4-10(8-11)9-12/h3-5,8H,6-7,9H2,1-2H3. The topological polar surface area (TPSA) is 46.6 Å². The number of benzene rings is 1. The molecule has 0 aromatic heterocycles. The molecule has 0 unspecified atom stereocenters. The summed E-state index contributed by atoms with van der Waals surface area (Å²) in [5, 5.41) is 0. The van der Waals surface area contributed by atoms with E-state index in [0.717, 1.165) is 5.56 Å². The minimum Gasteiger partial charge on any atom is -0.383 e. The molecule has 0 aliphatic heterocycles. The summed E-state index contributed by atoms with van der Waals surface area (Å²) >= 11 is 5.68. The van der Waals surface area contributed by atoms with Gasteiger partial charge < -0.3 is 4.74 Å². The summed E-state index contributed by atoms with van der Waals surface area (Å²) in [4.78, 5) is 0.259. The molecule has 17 heavy (non-hydrogen) atoms. The van der Waals surface area contributed by atoms with Crippen LogP contribution in [0.2, 0.25) is 0 Å². The zero-order valence-corrected chi connectivity index (χ0v) is 11.5. The Balaban J connectivity index is 2.95. The predicted octanol–water partition coefficient (Wildman–Crippen LogP) is 1.69. The van der Waals surface area contributed by atoms with Gasteiger partial charge in [0.25, 0.3) is 0 Å². The van der Waals surface area contributed by atoms with Gasteiger partial charge in [-0.2, -0.15) is 4.31 Å². The van der Waals surface area contributed by atoms with E-state index in [2.05, 4.69) is 0 Å². The average Bonchev–Trinajstić information content (AvgIpc) is 2.35. The Hall–Kier alpha value is -0.620. The maximum absolute atomic E-state index is 12.1. The lowest BCUT2D eigenvalue weighted by Gasteiger charge is -2.16. The molecule has 1 aromatic rings. The summed E-state index contributed by atoms with van der Waals surface area (Å²) in [6.45, 7) is 0.689. The number of rotatable bonds is 6. The van der Waals surface area contributed by atoms with Gasteiger partial charge in [-0.3, -0.25) is 0 Å². The van der Waals surface area contributed by atoms with Crippen molar-refractivity contribution in [2.75, 3.05) is 27.3 Å². The maximum atomic E-state index is 12.1. The number of halogens is 1. The zero-order chi connectivity index (χ0) is 12.9. The van der Waals surface area contributed by atoms with Crippen LogP contribution in [0.25, 0.3) is 0 Å². The fourth-order valence-corrected chi connectivity index (χ4v) is 2.70. The van der Waals surface area contributed by atoms with Crippen molar-refractivity contribution in [3.8, 4) is 0 Å². The minimum atomic E-state index is -3.45. The van der Waals surface area contributed by atoms with Crippen LogP contribution < -0.4 is 0 Å². The number of hydrogen-bond donors (Lipinski definition) is 0. The van der Waals surface area contributed by atoms with E-state index >= 15 is 0 Å². The summed E-state index contributed by atoms with van der Waals surface area (Å²) in [6.07, 6.45) is 0. The van der Waals surface area contributed by atoms with Crippen molar-refractivity contribution in [2.24, 2.45) is 0 Å². The van der Waals surface area contributed by atoms with E-state index in [1.807, 2.05) is 0 Å². The van der Waals surface area contributed by atoms with E-state index in [1.165, 1.54) is 18.5 Å². The SMILES string of the molecule is COCCN(C)S(=O)(=O)c1cccc(CCl)c1. The molecule has 0 N–H and O–H groups in total. The van der Waals surface area contributed by atoms with Gasteiger partial charge in [-0.05, 0) is 17.7 Å². The highest BCUT2D eigenvalue weighted by Gasteiger charge is 2.20. The van der Waals surface area contributed by atoms with Crippen LogP contribution >= 0.6 is 11.6 Å². The van der Waals surface area contributed by atoms with E-state index < -0.39 is 10.0 Å². The first-order valence-corrected chi connectivity index (χ1v) is 7.10. The number of nitrogens with zero attached hydrogens (tertiary/aromatic N) is 1. The Kier molecular flexibility index (Phi) is 5.39. The number of methoxy groups -OCH3 is 1. The second-order valence-corrected chi connectivity index (χ2v) is 5.91. The molecule has 0 amide bonds. The lowest BCUT2D eigenvalue weighted by atomic mass is 10.2. The van der Waals surface area contributed by atoms with Gasteiger partial charge in [0.1, 0.15) is 0 Å². The molecule has 0 saturated carbocycles. The number of ether oxygens (including phenoxy) is 1. The summed E-state index contributed by atoms with van der Waals surface area (Å²) in [5.41, 5.74) is 0.785. The van der Waals surface area contributed by atoms with E-state index in [9.17, 15) is 8.42 Å². The maximum Gasteiger partial charge on any atom is 0.242 e. The summed E-state index contributed by atoms with van der Waals surface area (Å²) in [6, 6.07) is 6.64. The molecule has 96 valence electrons. The highest BCUT2D eigenvalue weighted by Crippen LogP contribution is 2.16. The Morgan fingerprint density at radius 3 is 2.71 bits per heavy atom. The van der Waals surface area contributed by atoms with Gasteiger partial charge in [0, 0.05) is 26.6 Å². The molecular formula is C11H16ClNO3S. The van der Waals surface area contributed by atoms with Crippen LogP contribution in [0.15, 0.2) is 29.2 Å². The molecule has 4 nitrogen and oxygen atoms in total. The largest absolute Gasteiger partial charge is 0.383 e. The Morgan fingerprint density at radius 1 is 1.41 bits per heavy atom. The van der Waals surface area contributed by atoms with Gasteiger partial charge in [0.15, 0.2) is 0 Å². The van der Waals surface area contributed by atoms with Crippen molar-refractivity contribution < 1.29 is 13.2 Å². The highest BCUT2D eigenvalue weighted by molar-refractivity contribution is 7.89. The lowest BCUT2D eigenvalue weighted by Crippen LogP contribution is -2.30. The number of alkyl halides is 1. The van der Waals surface area contributed by atoms with E-state index in [0.29, 0.717) is 19.0 Å². The third-order valence-corrected chi connectivity index (χ3v) is 4.53. The van der Waals surface area contributed by atoms with Crippen molar-refractivity contribution in [3.63, 3.8) is 0 Å². The first kappa shape index (κ1) is 14.4. The van der Waals surface area contributed by atoms with E-state index in [-0.39, 0.29) is 4.90 Å². The van der Waals surface area contributed by atoms with Crippen LogP contribution in [-0.2, 0) is 20.6 Å². The highest BCUT2D eigenvalue weighted by atomic mass is 35.5. The first-order chi connectivity index (χ1) is 8.02. The average molecular weight is 278 g/mol. The van der Waals surface area contributed by atoms with Gasteiger partial charge in [0.2, 0.25) is 10.0 Å². The summed E-state index contributed by atoms with van der Waals surface area (Å²) in [7, 11) is -0.383. The molecule has 1 aromatic carbocycles. The van der Waals surface area contributed by atoms with Crippen LogP contribution in [0.3, 0.4) is 0 Å². The summed E-state index contributed by atoms with van der Waals surface area (Å²) < 4.78 is 30.4. The fraction of sp³-hybridized carbons (Fsp3) is 0.455. The van der Waals surface area contributed by atoms with Crippen molar-refractivity contribution in [1.82, 2.24) is 4.31 Å². The molecule has 0 heterocycles. The molecule has 0 fully saturated rings. The normalized spacial score (nSPS) is 12.0. The Morgan fingerprint density at radius 2 is 2.12 bits per heavy atom. The molecule has 0 aliphatic carbocycles. The van der Waals surface area contributed by atoms with Crippen LogP contribution in [0, 0.1) is 0 Å². The van der Waals surface area contributed by atoms with Gasteiger partial charge in [-0.15, -0.1) is 11.6 Å². The minimum absolute atomic E-state index is 0.259. The molecule has 0 saturated heterocycles. The second kappa shape index (κ2) is 6.35. The molecular weight excluding hydrogens is 262 g/mol. The lowest BCUT2D eigenvalue weighted by molar-refractivity contribution is 0.185. The molecule has 1 rings (SSSR count). The third kappa shape index (κ3) is 3.67. The number of likely N-dealkylation sites (N-methyl/N-ethyl adjacent to an activating group) is 1. The van der Waals surface area contributed by atoms with Crippen molar-refractivity contribution in [3.05, 3.63) is 29.8 Å². The van der Waals surface area contributed by atoms with Crippen molar-refractivity contribution >= 4 is 21.6 Å². The zero-order valence-electron chi connectivity index (χ0n) is 9.89. The van der Waals surface area contributed by atoms with Crippen molar-refractivity contribution in [2.45, 2.75) is 10.8 Å². The smallest absolute Gasteiger partial charge is 0.242 e. The molecule has 0 radical (unpaired) electrons. The van der Waals surface area contributed by atoms with Crippen LogP contribution in [0.4, 0.5) is 0 Å². The summed E-state index contributed by atoms with van der Waals surface area (Å²) in [5.74, 6) is 0.297. The molecule has 0 atom stereocenters. The van der Waals surface area contributed by atoms with Crippen LogP contribution in [0.1, 0.15) is 5.56 Å². The van der Waals surface area contributed by atoms with Gasteiger partial charge in [0.05, 0.1) is 11.5 Å².